The lowest BCUT2D eigenvalue weighted by atomic mass is 9.88. The number of ether oxygens (including phenoxy) is 2. The first-order valence-corrected chi connectivity index (χ1v) is 3.56. The minimum Gasteiger partial charge on any atom is -0.384 e. The molecule has 0 radical (unpaired) electrons. The third-order valence-electron chi connectivity index (χ3n) is 1.97. The van der Waals surface area contributed by atoms with Crippen LogP contribution in [0.5, 0.6) is 0 Å². The lowest BCUT2D eigenvalue weighted by Crippen LogP contribution is -2.32. The molecule has 1 atom stereocenters. The maximum atomic E-state index is 5.19. The summed E-state index contributed by atoms with van der Waals surface area (Å²) in [6, 6.07) is 0. The maximum absolute atomic E-state index is 5.19. The first-order chi connectivity index (χ1) is 4.54. The molecule has 0 rings (SSSR count). The Labute approximate surface area is 63.5 Å². The summed E-state index contributed by atoms with van der Waals surface area (Å²) in [5.41, 5.74) is 0.115. The van der Waals surface area contributed by atoms with E-state index in [0.29, 0.717) is 0 Å². The quantitative estimate of drug-likeness (QED) is 0.601. The molecule has 0 N–H and O–H groups in total. The molecule has 0 bridgehead atoms. The van der Waals surface area contributed by atoms with Gasteiger partial charge in [0.25, 0.3) is 0 Å². The van der Waals surface area contributed by atoms with Gasteiger partial charge in [0, 0.05) is 19.6 Å². The first-order valence-electron chi connectivity index (χ1n) is 3.56. The van der Waals surface area contributed by atoms with Crippen LogP contribution < -0.4 is 0 Å². The van der Waals surface area contributed by atoms with E-state index in [4.69, 9.17) is 9.47 Å². The molecule has 0 aromatic heterocycles. The van der Waals surface area contributed by atoms with E-state index in [9.17, 15) is 0 Å². The Balaban J connectivity index is 3.82. The van der Waals surface area contributed by atoms with E-state index in [1.165, 1.54) is 0 Å². The molecule has 2 heteroatoms. The minimum absolute atomic E-state index is 0.115. The van der Waals surface area contributed by atoms with E-state index in [-0.39, 0.29) is 11.5 Å². The Bertz CT molecular complexity index is 89.3. The second kappa shape index (κ2) is 3.94. The largest absolute Gasteiger partial charge is 0.384 e. The van der Waals surface area contributed by atoms with Gasteiger partial charge in [-0.25, -0.2) is 0 Å². The summed E-state index contributed by atoms with van der Waals surface area (Å²) < 4.78 is 10.2. The van der Waals surface area contributed by atoms with Crippen molar-refractivity contribution in [2.24, 2.45) is 5.41 Å². The second-order valence-corrected chi connectivity index (χ2v) is 3.30. The van der Waals surface area contributed by atoms with Crippen molar-refractivity contribution in [3.63, 3.8) is 0 Å². The minimum atomic E-state index is 0.115. The molecule has 0 aliphatic rings. The maximum Gasteiger partial charge on any atom is 0.0616 e. The number of hydrogen-bond acceptors (Lipinski definition) is 2. The molecule has 0 aliphatic heterocycles. The number of hydrogen-bond donors (Lipinski definition) is 0. The average molecular weight is 146 g/mol. The van der Waals surface area contributed by atoms with E-state index in [0.717, 1.165) is 6.61 Å². The van der Waals surface area contributed by atoms with Crippen LogP contribution in [0.4, 0.5) is 0 Å². The highest BCUT2D eigenvalue weighted by Crippen LogP contribution is 2.22. The summed E-state index contributed by atoms with van der Waals surface area (Å²) in [4.78, 5) is 0. The van der Waals surface area contributed by atoms with Gasteiger partial charge in [-0.05, 0) is 6.92 Å². The van der Waals surface area contributed by atoms with Crippen LogP contribution in [-0.2, 0) is 9.47 Å². The molecule has 0 fully saturated rings. The highest BCUT2D eigenvalue weighted by atomic mass is 16.5. The van der Waals surface area contributed by atoms with E-state index in [2.05, 4.69) is 20.8 Å². The molecule has 0 spiro atoms. The predicted molar refractivity (Wildman–Crippen MR) is 42.1 cm³/mol. The predicted octanol–water partition coefficient (Wildman–Crippen LogP) is 1.69. The van der Waals surface area contributed by atoms with E-state index in [1.807, 2.05) is 0 Å². The molecule has 10 heavy (non-hydrogen) atoms. The van der Waals surface area contributed by atoms with Crippen molar-refractivity contribution in [1.82, 2.24) is 0 Å². The van der Waals surface area contributed by atoms with Gasteiger partial charge in [0.1, 0.15) is 0 Å². The van der Waals surface area contributed by atoms with E-state index >= 15 is 0 Å². The highest BCUT2D eigenvalue weighted by Gasteiger charge is 2.25. The summed E-state index contributed by atoms with van der Waals surface area (Å²) in [6.07, 6.45) is 0.243. The Morgan fingerprint density at radius 1 is 1.30 bits per heavy atom. The molecule has 1 unspecified atom stereocenters. The van der Waals surface area contributed by atoms with Gasteiger partial charge in [-0.1, -0.05) is 13.8 Å². The monoisotopic (exact) mass is 146 g/mol. The fourth-order valence-electron chi connectivity index (χ4n) is 0.808. The molecule has 0 aromatic carbocycles. The average Bonchev–Trinajstić information content (AvgIpc) is 1.86. The van der Waals surface area contributed by atoms with Crippen LogP contribution in [0.25, 0.3) is 0 Å². The lowest BCUT2D eigenvalue weighted by molar-refractivity contribution is -0.0238. The molecule has 0 aliphatic carbocycles. The molecule has 0 heterocycles. The topological polar surface area (TPSA) is 18.5 Å². The second-order valence-electron chi connectivity index (χ2n) is 3.30. The van der Waals surface area contributed by atoms with Gasteiger partial charge in [0.2, 0.25) is 0 Å². The Kier molecular flexibility index (Phi) is 3.91. The Morgan fingerprint density at radius 2 is 1.80 bits per heavy atom. The van der Waals surface area contributed by atoms with Crippen LogP contribution in [0.1, 0.15) is 20.8 Å². The molecular weight excluding hydrogens is 128 g/mol. The van der Waals surface area contributed by atoms with Crippen LogP contribution in [0.2, 0.25) is 0 Å². The molecule has 0 amide bonds. The van der Waals surface area contributed by atoms with Crippen molar-refractivity contribution < 1.29 is 9.47 Å². The standard InChI is InChI=1S/C8H18O2/c1-7(10-5)8(2,3)6-9-4/h7H,6H2,1-5H3. The number of rotatable bonds is 4. The van der Waals surface area contributed by atoms with Crippen molar-refractivity contribution in [2.75, 3.05) is 20.8 Å². The number of methoxy groups -OCH3 is 2. The molecule has 62 valence electrons. The molecular formula is C8H18O2. The van der Waals surface area contributed by atoms with Crippen molar-refractivity contribution in [3.8, 4) is 0 Å². The third-order valence-corrected chi connectivity index (χ3v) is 1.97. The van der Waals surface area contributed by atoms with Gasteiger partial charge in [0.15, 0.2) is 0 Å². The van der Waals surface area contributed by atoms with Crippen molar-refractivity contribution in [1.29, 1.82) is 0 Å². The van der Waals surface area contributed by atoms with Gasteiger partial charge >= 0.3 is 0 Å². The van der Waals surface area contributed by atoms with Gasteiger partial charge in [-0.2, -0.15) is 0 Å². The van der Waals surface area contributed by atoms with E-state index in [1.54, 1.807) is 14.2 Å². The zero-order chi connectivity index (χ0) is 8.20. The third kappa shape index (κ3) is 2.67. The molecule has 0 saturated heterocycles. The molecule has 0 aromatic rings. The van der Waals surface area contributed by atoms with Crippen molar-refractivity contribution in [2.45, 2.75) is 26.9 Å². The van der Waals surface area contributed by atoms with Gasteiger partial charge in [0.05, 0.1) is 12.7 Å². The van der Waals surface area contributed by atoms with Gasteiger partial charge < -0.3 is 9.47 Å². The molecule has 2 nitrogen and oxygen atoms in total. The molecule has 0 saturated carbocycles. The van der Waals surface area contributed by atoms with E-state index < -0.39 is 0 Å². The lowest BCUT2D eigenvalue weighted by Gasteiger charge is -2.29. The normalized spacial score (nSPS) is 15.3. The first kappa shape index (κ1) is 9.92. The van der Waals surface area contributed by atoms with Crippen LogP contribution in [0.3, 0.4) is 0 Å². The van der Waals surface area contributed by atoms with Gasteiger partial charge in [-0.3, -0.25) is 0 Å². The zero-order valence-corrected chi connectivity index (χ0v) is 7.60. The van der Waals surface area contributed by atoms with Crippen molar-refractivity contribution in [3.05, 3.63) is 0 Å². The van der Waals surface area contributed by atoms with Crippen LogP contribution in [-0.4, -0.2) is 26.9 Å². The Hall–Kier alpha value is -0.0800. The fourth-order valence-corrected chi connectivity index (χ4v) is 0.808. The summed E-state index contributed by atoms with van der Waals surface area (Å²) in [5.74, 6) is 0. The summed E-state index contributed by atoms with van der Waals surface area (Å²) >= 11 is 0. The van der Waals surface area contributed by atoms with Crippen LogP contribution >= 0.6 is 0 Å². The summed E-state index contributed by atoms with van der Waals surface area (Å²) in [6.45, 7) is 7.05. The summed E-state index contributed by atoms with van der Waals surface area (Å²) in [7, 11) is 3.44. The SMILES string of the molecule is COCC(C)(C)C(C)OC. The zero-order valence-electron chi connectivity index (χ0n) is 7.60. The van der Waals surface area contributed by atoms with Crippen molar-refractivity contribution >= 4 is 0 Å². The fraction of sp³-hybridized carbons (Fsp3) is 1.00. The van der Waals surface area contributed by atoms with Gasteiger partial charge in [-0.15, -0.1) is 0 Å². The summed E-state index contributed by atoms with van der Waals surface area (Å²) in [5, 5.41) is 0. The smallest absolute Gasteiger partial charge is 0.0616 e. The Morgan fingerprint density at radius 3 is 2.10 bits per heavy atom. The van der Waals surface area contributed by atoms with Crippen LogP contribution in [0, 0.1) is 5.41 Å². The van der Waals surface area contributed by atoms with Crippen LogP contribution in [0.15, 0.2) is 0 Å². The highest BCUT2D eigenvalue weighted by molar-refractivity contribution is 4.74.